The number of carboxylic acid groups (broad SMARTS) is 1. The minimum absolute atomic E-state index is 0.284. The summed E-state index contributed by atoms with van der Waals surface area (Å²) < 4.78 is 5.29. The Kier molecular flexibility index (Phi) is 2.43. The van der Waals surface area contributed by atoms with Crippen molar-refractivity contribution < 1.29 is 14.3 Å². The summed E-state index contributed by atoms with van der Waals surface area (Å²) in [6, 6.07) is 5.03. The van der Waals surface area contributed by atoms with Crippen LogP contribution in [0.3, 0.4) is 0 Å². The molecule has 0 aliphatic rings. The number of carbonyl (C=O) groups is 1. The molecule has 1 heterocycles. The van der Waals surface area contributed by atoms with E-state index in [9.17, 15) is 4.79 Å². The molecule has 0 spiro atoms. The molecule has 4 nitrogen and oxygen atoms in total. The maximum absolute atomic E-state index is 11.0. The van der Waals surface area contributed by atoms with Crippen LogP contribution in [0.15, 0.2) is 28.9 Å². The number of furan rings is 1. The molecule has 0 aliphatic heterocycles. The van der Waals surface area contributed by atoms with Gasteiger partial charge in [0.15, 0.2) is 0 Å². The maximum Gasteiger partial charge on any atom is 0.336 e. The molecule has 4 heteroatoms. The maximum atomic E-state index is 11.0. The lowest BCUT2D eigenvalue weighted by Gasteiger charge is -1.99. The van der Waals surface area contributed by atoms with E-state index in [-0.39, 0.29) is 5.56 Å². The monoisotopic (exact) mass is 205 g/mol. The summed E-state index contributed by atoms with van der Waals surface area (Å²) in [6.45, 7) is 0.595. The fraction of sp³-hybridized carbons (Fsp3) is 0.182. The van der Waals surface area contributed by atoms with E-state index in [0.29, 0.717) is 17.5 Å². The van der Waals surface area contributed by atoms with Crippen LogP contribution in [-0.2, 0) is 6.54 Å². The number of nitrogens with one attached hydrogen (secondary N) is 1. The summed E-state index contributed by atoms with van der Waals surface area (Å²) in [7, 11) is 1.81. The molecule has 0 fully saturated rings. The zero-order chi connectivity index (χ0) is 10.8. The Labute approximate surface area is 86.5 Å². The van der Waals surface area contributed by atoms with Gasteiger partial charge in [-0.2, -0.15) is 0 Å². The van der Waals surface area contributed by atoms with E-state index in [0.717, 1.165) is 5.56 Å². The smallest absolute Gasteiger partial charge is 0.336 e. The SMILES string of the molecule is CNCc1coc2cccc(C(=O)O)c12. The number of hydrogen-bond donors (Lipinski definition) is 2. The zero-order valence-electron chi connectivity index (χ0n) is 8.28. The molecule has 0 bridgehead atoms. The first-order valence-corrected chi connectivity index (χ1v) is 4.61. The predicted octanol–water partition coefficient (Wildman–Crippen LogP) is 1.85. The largest absolute Gasteiger partial charge is 0.478 e. The predicted molar refractivity (Wildman–Crippen MR) is 55.9 cm³/mol. The second kappa shape index (κ2) is 3.74. The molecule has 0 atom stereocenters. The number of fused-ring (bicyclic) bond motifs is 1. The Morgan fingerprint density at radius 3 is 3.00 bits per heavy atom. The summed E-state index contributed by atoms with van der Waals surface area (Å²) >= 11 is 0. The van der Waals surface area contributed by atoms with Crippen LogP contribution < -0.4 is 5.32 Å². The molecular weight excluding hydrogens is 194 g/mol. The second-order valence-electron chi connectivity index (χ2n) is 3.28. The van der Waals surface area contributed by atoms with Gasteiger partial charge in [-0.25, -0.2) is 4.79 Å². The van der Waals surface area contributed by atoms with Gasteiger partial charge in [-0.1, -0.05) is 6.07 Å². The highest BCUT2D eigenvalue weighted by atomic mass is 16.4. The first-order valence-electron chi connectivity index (χ1n) is 4.61. The van der Waals surface area contributed by atoms with E-state index in [4.69, 9.17) is 9.52 Å². The van der Waals surface area contributed by atoms with E-state index >= 15 is 0 Å². The summed E-state index contributed by atoms with van der Waals surface area (Å²) in [4.78, 5) is 11.0. The molecule has 2 rings (SSSR count). The Bertz CT molecular complexity index is 502. The van der Waals surface area contributed by atoms with Crippen LogP contribution in [0.5, 0.6) is 0 Å². The topological polar surface area (TPSA) is 62.5 Å². The lowest BCUT2D eigenvalue weighted by Crippen LogP contribution is -2.05. The van der Waals surface area contributed by atoms with Crippen LogP contribution in [0, 0.1) is 0 Å². The van der Waals surface area contributed by atoms with Crippen LogP contribution in [0.4, 0.5) is 0 Å². The van der Waals surface area contributed by atoms with Gasteiger partial charge in [-0.3, -0.25) is 0 Å². The molecule has 15 heavy (non-hydrogen) atoms. The summed E-state index contributed by atoms with van der Waals surface area (Å²) in [5.74, 6) is -0.931. The quantitative estimate of drug-likeness (QED) is 0.802. The zero-order valence-corrected chi connectivity index (χ0v) is 8.28. The second-order valence-corrected chi connectivity index (χ2v) is 3.28. The van der Waals surface area contributed by atoms with Gasteiger partial charge in [0.2, 0.25) is 0 Å². The fourth-order valence-corrected chi connectivity index (χ4v) is 1.65. The van der Waals surface area contributed by atoms with Crippen molar-refractivity contribution in [1.29, 1.82) is 0 Å². The molecule has 0 radical (unpaired) electrons. The number of hydrogen-bond acceptors (Lipinski definition) is 3. The van der Waals surface area contributed by atoms with Crippen LogP contribution in [-0.4, -0.2) is 18.1 Å². The summed E-state index contributed by atoms with van der Waals surface area (Å²) in [5.41, 5.74) is 1.76. The molecule has 0 unspecified atom stereocenters. The average Bonchev–Trinajstić information content (AvgIpc) is 2.62. The van der Waals surface area contributed by atoms with Crippen molar-refractivity contribution in [2.75, 3.05) is 7.05 Å². The molecule has 0 saturated carbocycles. The van der Waals surface area contributed by atoms with Crippen molar-refractivity contribution in [3.05, 3.63) is 35.6 Å². The molecule has 1 aromatic carbocycles. The van der Waals surface area contributed by atoms with Gasteiger partial charge in [0, 0.05) is 17.5 Å². The first-order chi connectivity index (χ1) is 7.24. The van der Waals surface area contributed by atoms with Crippen LogP contribution in [0.25, 0.3) is 11.0 Å². The van der Waals surface area contributed by atoms with Crippen LogP contribution in [0.1, 0.15) is 15.9 Å². The van der Waals surface area contributed by atoms with Crippen molar-refractivity contribution >= 4 is 16.9 Å². The summed E-state index contributed by atoms with van der Waals surface area (Å²) in [5, 5.41) is 12.7. The lowest BCUT2D eigenvalue weighted by atomic mass is 10.1. The molecule has 0 saturated heterocycles. The molecule has 2 aromatic rings. The third-order valence-corrected chi connectivity index (χ3v) is 2.27. The highest BCUT2D eigenvalue weighted by Crippen LogP contribution is 2.24. The highest BCUT2D eigenvalue weighted by molar-refractivity contribution is 6.03. The fourth-order valence-electron chi connectivity index (χ4n) is 1.65. The lowest BCUT2D eigenvalue weighted by molar-refractivity contribution is 0.0699. The Hall–Kier alpha value is -1.81. The van der Waals surface area contributed by atoms with Gasteiger partial charge < -0.3 is 14.8 Å². The van der Waals surface area contributed by atoms with Gasteiger partial charge in [0.1, 0.15) is 5.58 Å². The third-order valence-electron chi connectivity index (χ3n) is 2.27. The van der Waals surface area contributed by atoms with Gasteiger partial charge in [-0.05, 0) is 19.2 Å². The number of aromatic carboxylic acids is 1. The van der Waals surface area contributed by atoms with E-state index in [1.807, 2.05) is 7.05 Å². The number of benzene rings is 1. The highest BCUT2D eigenvalue weighted by Gasteiger charge is 2.14. The van der Waals surface area contributed by atoms with E-state index < -0.39 is 5.97 Å². The van der Waals surface area contributed by atoms with Crippen molar-refractivity contribution in [1.82, 2.24) is 5.32 Å². The number of rotatable bonds is 3. The normalized spacial score (nSPS) is 10.7. The minimum Gasteiger partial charge on any atom is -0.478 e. The molecule has 0 aliphatic carbocycles. The molecule has 78 valence electrons. The van der Waals surface area contributed by atoms with E-state index in [2.05, 4.69) is 5.32 Å². The Morgan fingerprint density at radius 1 is 1.53 bits per heavy atom. The van der Waals surface area contributed by atoms with Crippen molar-refractivity contribution in [2.45, 2.75) is 6.54 Å². The molecule has 0 amide bonds. The van der Waals surface area contributed by atoms with Gasteiger partial charge >= 0.3 is 5.97 Å². The molecule has 2 N–H and O–H groups in total. The molecule has 1 aromatic heterocycles. The Balaban J connectivity index is 2.69. The molecular formula is C11H11NO3. The first kappa shape index (κ1) is 9.73. The van der Waals surface area contributed by atoms with E-state index in [1.54, 1.807) is 24.5 Å². The van der Waals surface area contributed by atoms with Crippen LogP contribution in [0.2, 0.25) is 0 Å². The standard InChI is InChI=1S/C11H11NO3/c1-12-5-7-6-15-9-4-2-3-8(10(7)9)11(13)14/h2-4,6,12H,5H2,1H3,(H,13,14). The van der Waals surface area contributed by atoms with Crippen molar-refractivity contribution in [3.63, 3.8) is 0 Å². The van der Waals surface area contributed by atoms with Crippen LogP contribution >= 0.6 is 0 Å². The number of carboxylic acids is 1. The summed E-state index contributed by atoms with van der Waals surface area (Å²) in [6.07, 6.45) is 1.59. The van der Waals surface area contributed by atoms with E-state index in [1.165, 1.54) is 0 Å². The van der Waals surface area contributed by atoms with Crippen molar-refractivity contribution in [2.24, 2.45) is 0 Å². The average molecular weight is 205 g/mol. The third kappa shape index (κ3) is 1.59. The van der Waals surface area contributed by atoms with Gasteiger partial charge in [-0.15, -0.1) is 0 Å². The van der Waals surface area contributed by atoms with Gasteiger partial charge in [0.25, 0.3) is 0 Å². The van der Waals surface area contributed by atoms with Crippen molar-refractivity contribution in [3.8, 4) is 0 Å². The Morgan fingerprint density at radius 2 is 2.33 bits per heavy atom. The van der Waals surface area contributed by atoms with Gasteiger partial charge in [0.05, 0.1) is 11.8 Å². The minimum atomic E-state index is -0.931.